The number of amides is 3. The molecule has 0 aliphatic carbocycles. The van der Waals surface area contributed by atoms with Crippen molar-refractivity contribution >= 4 is 17.7 Å². The van der Waals surface area contributed by atoms with E-state index < -0.39 is 0 Å². The number of hydrogen-bond acceptors (Lipinski definition) is 4. The van der Waals surface area contributed by atoms with Gasteiger partial charge in [-0.1, -0.05) is 38.1 Å². The number of piperidine rings is 1. The van der Waals surface area contributed by atoms with Gasteiger partial charge in [-0.2, -0.15) is 0 Å². The molecule has 2 aliphatic rings. The molecule has 0 spiro atoms. The molecular formula is C26H31N3O3. The van der Waals surface area contributed by atoms with Crippen LogP contribution in [0.25, 0.3) is 0 Å². The number of fused-ring (bicyclic) bond motifs is 1. The number of nitrogens with zero attached hydrogens (tertiary/aromatic N) is 2. The van der Waals surface area contributed by atoms with Crippen molar-refractivity contribution in [2.45, 2.75) is 33.2 Å². The van der Waals surface area contributed by atoms with Crippen molar-refractivity contribution in [2.75, 3.05) is 26.2 Å². The summed E-state index contributed by atoms with van der Waals surface area (Å²) in [4.78, 5) is 41.3. The van der Waals surface area contributed by atoms with Crippen LogP contribution >= 0.6 is 0 Å². The van der Waals surface area contributed by atoms with Gasteiger partial charge >= 0.3 is 0 Å². The summed E-state index contributed by atoms with van der Waals surface area (Å²) in [6.45, 7) is 8.76. The van der Waals surface area contributed by atoms with Crippen molar-refractivity contribution in [1.29, 1.82) is 0 Å². The van der Waals surface area contributed by atoms with Crippen LogP contribution in [0, 0.1) is 11.8 Å². The van der Waals surface area contributed by atoms with Gasteiger partial charge in [0, 0.05) is 25.2 Å². The zero-order valence-electron chi connectivity index (χ0n) is 18.8. The third-order valence-corrected chi connectivity index (χ3v) is 6.32. The molecule has 3 amide bonds. The van der Waals surface area contributed by atoms with Gasteiger partial charge in [0.05, 0.1) is 17.7 Å². The Bertz CT molecular complexity index is 957. The summed E-state index contributed by atoms with van der Waals surface area (Å²) in [5.41, 5.74) is 2.28. The van der Waals surface area contributed by atoms with Gasteiger partial charge in [0.1, 0.15) is 0 Å². The minimum Gasteiger partial charge on any atom is -0.352 e. The quantitative estimate of drug-likeness (QED) is 0.535. The first-order valence-corrected chi connectivity index (χ1v) is 11.5. The standard InChI is InChI=1S/C26H31N3O3/c1-18-14-19(2)16-28(15-18)13-5-12-27-24(30)21-10-8-20(9-11-21)17-29-25(31)22-6-3-4-7-23(22)26(29)32/h3-4,6-11,18-19H,5,12-17H2,1-2H3,(H,27,30). The van der Waals surface area contributed by atoms with E-state index in [0.717, 1.165) is 43.5 Å². The van der Waals surface area contributed by atoms with Gasteiger partial charge in [0.25, 0.3) is 17.7 Å². The fraction of sp³-hybridized carbons (Fsp3) is 0.423. The van der Waals surface area contributed by atoms with Crippen LogP contribution in [0.5, 0.6) is 0 Å². The summed E-state index contributed by atoms with van der Waals surface area (Å²) in [5.74, 6) is 0.840. The lowest BCUT2D eigenvalue weighted by molar-refractivity contribution is 0.0641. The first kappa shape index (κ1) is 22.2. The van der Waals surface area contributed by atoms with E-state index in [0.29, 0.717) is 23.2 Å². The van der Waals surface area contributed by atoms with Crippen LogP contribution in [-0.2, 0) is 6.54 Å². The molecular weight excluding hydrogens is 402 g/mol. The summed E-state index contributed by atoms with van der Waals surface area (Å²) in [6.07, 6.45) is 2.24. The summed E-state index contributed by atoms with van der Waals surface area (Å²) >= 11 is 0. The summed E-state index contributed by atoms with van der Waals surface area (Å²) in [7, 11) is 0. The average molecular weight is 434 g/mol. The Labute approximate surface area is 189 Å². The topological polar surface area (TPSA) is 69.7 Å². The number of carbonyl (C=O) groups is 3. The van der Waals surface area contributed by atoms with Gasteiger partial charge < -0.3 is 10.2 Å². The van der Waals surface area contributed by atoms with E-state index in [2.05, 4.69) is 24.1 Å². The van der Waals surface area contributed by atoms with E-state index in [1.165, 1.54) is 11.3 Å². The Morgan fingerprint density at radius 2 is 1.53 bits per heavy atom. The van der Waals surface area contributed by atoms with Crippen molar-refractivity contribution in [3.05, 3.63) is 70.8 Å². The van der Waals surface area contributed by atoms with E-state index >= 15 is 0 Å². The minimum absolute atomic E-state index is 0.0994. The third-order valence-electron chi connectivity index (χ3n) is 6.32. The molecule has 1 saturated heterocycles. The molecule has 0 bridgehead atoms. The highest BCUT2D eigenvalue weighted by molar-refractivity contribution is 6.21. The van der Waals surface area contributed by atoms with E-state index in [-0.39, 0.29) is 24.3 Å². The van der Waals surface area contributed by atoms with Gasteiger partial charge in [0.2, 0.25) is 0 Å². The maximum Gasteiger partial charge on any atom is 0.261 e. The molecule has 0 saturated carbocycles. The number of carbonyl (C=O) groups excluding carboxylic acids is 3. The number of imide groups is 1. The molecule has 4 rings (SSSR count). The lowest BCUT2D eigenvalue weighted by Crippen LogP contribution is -2.40. The van der Waals surface area contributed by atoms with Crippen LogP contribution < -0.4 is 5.32 Å². The molecule has 0 aromatic heterocycles. The molecule has 1 N–H and O–H groups in total. The average Bonchev–Trinajstić information content (AvgIpc) is 3.01. The van der Waals surface area contributed by atoms with Crippen molar-refractivity contribution < 1.29 is 14.4 Å². The fourth-order valence-corrected chi connectivity index (χ4v) is 4.91. The van der Waals surface area contributed by atoms with Gasteiger partial charge in [-0.3, -0.25) is 19.3 Å². The molecule has 6 heteroatoms. The Morgan fingerprint density at radius 1 is 0.938 bits per heavy atom. The molecule has 32 heavy (non-hydrogen) atoms. The number of benzene rings is 2. The van der Waals surface area contributed by atoms with Crippen LogP contribution in [-0.4, -0.2) is 53.7 Å². The second-order valence-corrected chi connectivity index (χ2v) is 9.25. The Balaban J connectivity index is 1.25. The predicted octanol–water partition coefficient (Wildman–Crippen LogP) is 3.58. The van der Waals surface area contributed by atoms with Crippen molar-refractivity contribution in [3.8, 4) is 0 Å². The number of nitrogens with one attached hydrogen (secondary N) is 1. The SMILES string of the molecule is CC1CC(C)CN(CCCNC(=O)c2ccc(CN3C(=O)c4ccccc4C3=O)cc2)C1. The highest BCUT2D eigenvalue weighted by atomic mass is 16.2. The predicted molar refractivity (Wildman–Crippen MR) is 123 cm³/mol. The van der Waals surface area contributed by atoms with Crippen LogP contribution in [0.15, 0.2) is 48.5 Å². The first-order valence-electron chi connectivity index (χ1n) is 11.5. The molecule has 6 nitrogen and oxygen atoms in total. The minimum atomic E-state index is -0.273. The van der Waals surface area contributed by atoms with Crippen LogP contribution in [0.2, 0.25) is 0 Å². The maximum atomic E-state index is 12.5. The number of rotatable bonds is 7. The lowest BCUT2D eigenvalue weighted by Gasteiger charge is -2.34. The van der Waals surface area contributed by atoms with Crippen molar-refractivity contribution in [2.24, 2.45) is 11.8 Å². The van der Waals surface area contributed by atoms with E-state index in [1.54, 1.807) is 48.5 Å². The second-order valence-electron chi connectivity index (χ2n) is 9.25. The van der Waals surface area contributed by atoms with Crippen LogP contribution in [0.3, 0.4) is 0 Å². The van der Waals surface area contributed by atoms with Crippen molar-refractivity contribution in [1.82, 2.24) is 15.1 Å². The molecule has 1 fully saturated rings. The van der Waals surface area contributed by atoms with Gasteiger partial charge in [0.15, 0.2) is 0 Å². The van der Waals surface area contributed by atoms with Crippen LogP contribution in [0.1, 0.15) is 63.3 Å². The molecule has 168 valence electrons. The molecule has 2 unspecified atom stereocenters. The summed E-state index contributed by atoms with van der Waals surface area (Å²) in [5, 5.41) is 3.00. The largest absolute Gasteiger partial charge is 0.352 e. The Hall–Kier alpha value is -2.99. The lowest BCUT2D eigenvalue weighted by atomic mass is 9.92. The van der Waals surface area contributed by atoms with E-state index in [1.807, 2.05) is 0 Å². The zero-order valence-corrected chi connectivity index (χ0v) is 18.8. The number of hydrogen-bond donors (Lipinski definition) is 1. The van der Waals surface area contributed by atoms with E-state index in [9.17, 15) is 14.4 Å². The Morgan fingerprint density at radius 3 is 2.12 bits per heavy atom. The Kier molecular flexibility index (Phi) is 6.70. The zero-order chi connectivity index (χ0) is 22.7. The first-order chi connectivity index (χ1) is 15.4. The molecule has 2 aromatic carbocycles. The van der Waals surface area contributed by atoms with Crippen molar-refractivity contribution in [3.63, 3.8) is 0 Å². The monoisotopic (exact) mass is 433 g/mol. The summed E-state index contributed by atoms with van der Waals surface area (Å²) in [6, 6.07) is 14.0. The fourth-order valence-electron chi connectivity index (χ4n) is 4.91. The van der Waals surface area contributed by atoms with Gasteiger partial charge in [-0.15, -0.1) is 0 Å². The van der Waals surface area contributed by atoms with Gasteiger partial charge in [-0.05, 0) is 61.1 Å². The molecule has 2 aromatic rings. The molecule has 2 aliphatic heterocycles. The normalized spacial score (nSPS) is 21.0. The van der Waals surface area contributed by atoms with E-state index in [4.69, 9.17) is 0 Å². The highest BCUT2D eigenvalue weighted by Gasteiger charge is 2.34. The van der Waals surface area contributed by atoms with Gasteiger partial charge in [-0.25, -0.2) is 0 Å². The molecule has 2 atom stereocenters. The number of likely N-dealkylation sites (tertiary alicyclic amines) is 1. The highest BCUT2D eigenvalue weighted by Crippen LogP contribution is 2.24. The maximum absolute atomic E-state index is 12.5. The second kappa shape index (κ2) is 9.65. The molecule has 0 radical (unpaired) electrons. The molecule has 2 heterocycles. The third kappa shape index (κ3) is 4.91. The van der Waals surface area contributed by atoms with Crippen LogP contribution in [0.4, 0.5) is 0 Å². The smallest absolute Gasteiger partial charge is 0.261 e. The summed E-state index contributed by atoms with van der Waals surface area (Å²) < 4.78 is 0.